The largest absolute Gasteiger partial charge is 0.382 e. The summed E-state index contributed by atoms with van der Waals surface area (Å²) in [4.78, 5) is 0. The zero-order valence-corrected chi connectivity index (χ0v) is 10.2. The van der Waals surface area contributed by atoms with Gasteiger partial charge in [0.15, 0.2) is 0 Å². The predicted octanol–water partition coefficient (Wildman–Crippen LogP) is 2.05. The predicted molar refractivity (Wildman–Crippen MR) is 67.3 cm³/mol. The highest BCUT2D eigenvalue weighted by molar-refractivity contribution is 6.30. The summed E-state index contributed by atoms with van der Waals surface area (Å²) in [6.45, 7) is 5.53. The first-order chi connectivity index (χ1) is 7.75. The highest BCUT2D eigenvalue weighted by Crippen LogP contribution is 2.20. The zero-order valence-electron chi connectivity index (χ0n) is 9.42. The Kier molecular flexibility index (Phi) is 4.04. The van der Waals surface area contributed by atoms with E-state index >= 15 is 0 Å². The molecule has 4 heteroatoms. The fraction of sp³-hybridized carbons (Fsp3) is 0.500. The summed E-state index contributed by atoms with van der Waals surface area (Å²) < 4.78 is 5.61. The number of ether oxygens (including phenoxy) is 1. The van der Waals surface area contributed by atoms with Crippen molar-refractivity contribution >= 4 is 17.3 Å². The van der Waals surface area contributed by atoms with E-state index in [1.165, 1.54) is 5.56 Å². The standard InChI is InChI=1S/C12H17ClN2O/c1-9-2-3-10(13)6-12(9)15-8-11-7-14-4-5-16-11/h2-3,6,11,14-15H,4-5,7-8H2,1H3. The molecule has 1 atom stereocenters. The maximum Gasteiger partial charge on any atom is 0.0872 e. The second-order valence-electron chi connectivity index (χ2n) is 4.04. The van der Waals surface area contributed by atoms with E-state index in [9.17, 15) is 0 Å². The minimum Gasteiger partial charge on any atom is -0.382 e. The number of hydrogen-bond donors (Lipinski definition) is 2. The molecule has 1 aliphatic heterocycles. The molecule has 88 valence electrons. The van der Waals surface area contributed by atoms with E-state index in [0.717, 1.165) is 37.0 Å². The second kappa shape index (κ2) is 5.53. The molecule has 2 rings (SSSR count). The lowest BCUT2D eigenvalue weighted by Crippen LogP contribution is -2.42. The van der Waals surface area contributed by atoms with Crippen LogP contribution < -0.4 is 10.6 Å². The van der Waals surface area contributed by atoms with Crippen LogP contribution in [0.5, 0.6) is 0 Å². The number of hydrogen-bond acceptors (Lipinski definition) is 3. The Balaban J connectivity index is 1.90. The minimum atomic E-state index is 0.243. The summed E-state index contributed by atoms with van der Waals surface area (Å²) in [6, 6.07) is 5.87. The van der Waals surface area contributed by atoms with E-state index in [1.807, 2.05) is 18.2 Å². The summed E-state index contributed by atoms with van der Waals surface area (Å²) in [6.07, 6.45) is 0.243. The number of morpholine rings is 1. The van der Waals surface area contributed by atoms with Crippen LogP contribution in [0, 0.1) is 6.92 Å². The maximum absolute atomic E-state index is 5.95. The van der Waals surface area contributed by atoms with Gasteiger partial charge in [-0.05, 0) is 24.6 Å². The highest BCUT2D eigenvalue weighted by Gasteiger charge is 2.12. The van der Waals surface area contributed by atoms with Gasteiger partial charge < -0.3 is 15.4 Å². The Labute approximate surface area is 101 Å². The smallest absolute Gasteiger partial charge is 0.0872 e. The lowest BCUT2D eigenvalue weighted by molar-refractivity contribution is 0.0372. The molecule has 0 amide bonds. The van der Waals surface area contributed by atoms with Crippen molar-refractivity contribution in [2.45, 2.75) is 13.0 Å². The van der Waals surface area contributed by atoms with Crippen molar-refractivity contribution in [3.63, 3.8) is 0 Å². The maximum atomic E-state index is 5.95. The molecule has 1 aromatic carbocycles. The molecule has 3 nitrogen and oxygen atoms in total. The van der Waals surface area contributed by atoms with Crippen LogP contribution in [-0.4, -0.2) is 32.3 Å². The van der Waals surface area contributed by atoms with Crippen LogP contribution >= 0.6 is 11.6 Å². The Morgan fingerprint density at radius 2 is 2.44 bits per heavy atom. The van der Waals surface area contributed by atoms with Crippen LogP contribution in [0.1, 0.15) is 5.56 Å². The lowest BCUT2D eigenvalue weighted by Gasteiger charge is -2.24. The van der Waals surface area contributed by atoms with E-state index in [1.54, 1.807) is 0 Å². The summed E-state index contributed by atoms with van der Waals surface area (Å²) in [5.74, 6) is 0. The normalized spacial score (nSPS) is 20.8. The molecule has 16 heavy (non-hydrogen) atoms. The fourth-order valence-electron chi connectivity index (χ4n) is 1.76. The monoisotopic (exact) mass is 240 g/mol. The number of rotatable bonds is 3. The Bertz CT molecular complexity index is 351. The molecular weight excluding hydrogens is 224 g/mol. The molecule has 1 saturated heterocycles. The summed E-state index contributed by atoms with van der Waals surface area (Å²) in [5.41, 5.74) is 2.29. The van der Waals surface area contributed by atoms with Crippen LogP contribution in [0.3, 0.4) is 0 Å². The van der Waals surface area contributed by atoms with Crippen LogP contribution in [0.25, 0.3) is 0 Å². The van der Waals surface area contributed by atoms with Crippen molar-refractivity contribution in [1.29, 1.82) is 0 Å². The molecule has 0 aromatic heterocycles. The van der Waals surface area contributed by atoms with Gasteiger partial charge in [-0.2, -0.15) is 0 Å². The van der Waals surface area contributed by atoms with Crippen LogP contribution in [0.2, 0.25) is 5.02 Å². The molecular formula is C12H17ClN2O. The fourth-order valence-corrected chi connectivity index (χ4v) is 1.93. The van der Waals surface area contributed by atoms with Crippen LogP contribution in [0.15, 0.2) is 18.2 Å². The third-order valence-corrected chi connectivity index (χ3v) is 2.96. The average molecular weight is 241 g/mol. The van der Waals surface area contributed by atoms with Gasteiger partial charge in [0.05, 0.1) is 12.7 Å². The molecule has 0 saturated carbocycles. The Morgan fingerprint density at radius 3 is 3.19 bits per heavy atom. The van der Waals surface area contributed by atoms with Crippen molar-refractivity contribution in [2.75, 3.05) is 31.6 Å². The third kappa shape index (κ3) is 3.11. The summed E-state index contributed by atoms with van der Waals surface area (Å²) in [7, 11) is 0. The number of anilines is 1. The summed E-state index contributed by atoms with van der Waals surface area (Å²) in [5, 5.41) is 7.44. The molecule has 2 N–H and O–H groups in total. The first-order valence-electron chi connectivity index (χ1n) is 5.58. The first-order valence-corrected chi connectivity index (χ1v) is 5.96. The van der Waals surface area contributed by atoms with Gasteiger partial charge in [0, 0.05) is 30.3 Å². The van der Waals surface area contributed by atoms with Gasteiger partial charge >= 0.3 is 0 Å². The van der Waals surface area contributed by atoms with Gasteiger partial charge in [-0.25, -0.2) is 0 Å². The quantitative estimate of drug-likeness (QED) is 0.849. The van der Waals surface area contributed by atoms with Gasteiger partial charge in [-0.3, -0.25) is 0 Å². The highest BCUT2D eigenvalue weighted by atomic mass is 35.5. The van der Waals surface area contributed by atoms with Crippen molar-refractivity contribution in [3.8, 4) is 0 Å². The molecule has 0 spiro atoms. The molecule has 0 radical (unpaired) electrons. The summed E-state index contributed by atoms with van der Waals surface area (Å²) >= 11 is 5.95. The third-order valence-electron chi connectivity index (χ3n) is 2.72. The van der Waals surface area contributed by atoms with Crippen molar-refractivity contribution in [3.05, 3.63) is 28.8 Å². The molecule has 0 bridgehead atoms. The van der Waals surface area contributed by atoms with E-state index in [0.29, 0.717) is 0 Å². The van der Waals surface area contributed by atoms with E-state index in [4.69, 9.17) is 16.3 Å². The Hall–Kier alpha value is -0.770. The minimum absolute atomic E-state index is 0.243. The molecule has 0 aliphatic carbocycles. The van der Waals surface area contributed by atoms with E-state index < -0.39 is 0 Å². The van der Waals surface area contributed by atoms with Gasteiger partial charge in [0.2, 0.25) is 0 Å². The van der Waals surface area contributed by atoms with Crippen molar-refractivity contribution in [1.82, 2.24) is 5.32 Å². The molecule has 1 heterocycles. The second-order valence-corrected chi connectivity index (χ2v) is 4.47. The molecule has 1 fully saturated rings. The number of nitrogens with one attached hydrogen (secondary N) is 2. The number of aryl methyl sites for hydroxylation is 1. The van der Waals surface area contributed by atoms with Crippen molar-refractivity contribution < 1.29 is 4.74 Å². The zero-order chi connectivity index (χ0) is 11.4. The van der Waals surface area contributed by atoms with Gasteiger partial charge in [-0.1, -0.05) is 17.7 Å². The van der Waals surface area contributed by atoms with Crippen LogP contribution in [-0.2, 0) is 4.74 Å². The van der Waals surface area contributed by atoms with E-state index in [-0.39, 0.29) is 6.10 Å². The average Bonchev–Trinajstić information content (AvgIpc) is 2.32. The topological polar surface area (TPSA) is 33.3 Å². The number of benzene rings is 1. The molecule has 1 aromatic rings. The van der Waals surface area contributed by atoms with E-state index in [2.05, 4.69) is 17.6 Å². The molecule has 1 unspecified atom stereocenters. The first kappa shape index (κ1) is 11.7. The van der Waals surface area contributed by atoms with Crippen LogP contribution in [0.4, 0.5) is 5.69 Å². The van der Waals surface area contributed by atoms with Crippen molar-refractivity contribution in [2.24, 2.45) is 0 Å². The molecule has 1 aliphatic rings. The van der Waals surface area contributed by atoms with Gasteiger partial charge in [0.1, 0.15) is 0 Å². The SMILES string of the molecule is Cc1ccc(Cl)cc1NCC1CNCCO1. The number of halogens is 1. The Morgan fingerprint density at radius 1 is 1.56 bits per heavy atom. The van der Waals surface area contributed by atoms with Gasteiger partial charge in [0.25, 0.3) is 0 Å². The van der Waals surface area contributed by atoms with Gasteiger partial charge in [-0.15, -0.1) is 0 Å². The lowest BCUT2D eigenvalue weighted by atomic mass is 10.2.